The number of hydrogen-bond acceptors (Lipinski definition) is 9. The van der Waals surface area contributed by atoms with E-state index in [1.165, 1.54) is 29.8 Å². The average Bonchev–Trinajstić information content (AvgIpc) is 3.57. The third-order valence-corrected chi connectivity index (χ3v) is 6.88. The summed E-state index contributed by atoms with van der Waals surface area (Å²) in [5, 5.41) is 5.61. The molecule has 1 aliphatic rings. The van der Waals surface area contributed by atoms with Crippen molar-refractivity contribution in [1.29, 1.82) is 0 Å². The zero-order valence-corrected chi connectivity index (χ0v) is 20.5. The molecule has 5 aromatic rings. The van der Waals surface area contributed by atoms with Gasteiger partial charge < -0.3 is 19.9 Å². The molecule has 1 saturated heterocycles. The molecule has 2 aromatic carbocycles. The van der Waals surface area contributed by atoms with Crippen molar-refractivity contribution in [3.05, 3.63) is 71.2 Å². The van der Waals surface area contributed by atoms with Gasteiger partial charge in [-0.05, 0) is 37.1 Å². The van der Waals surface area contributed by atoms with E-state index in [1.807, 2.05) is 16.8 Å². The Bertz CT molecular complexity index is 1520. The second-order valence-corrected chi connectivity index (χ2v) is 9.57. The highest BCUT2D eigenvalue weighted by atomic mass is 32.1. The Hall–Kier alpha value is -4.09. The standard InChI is InChI=1S/C26H23FN6O3S/c27-17-9-20(35-13-22-12-29-15-37-22)11-21(10-17)36-19-3-1-16(2-4-19)24-23-25(28)30-14-31-26(23)33(32-24)18-5-7-34-8-6-18/h1-4,9-12,14-15,18H,5-8,13H2,(H2,28,30,31). The number of nitrogens with two attached hydrogens (primary N) is 1. The summed E-state index contributed by atoms with van der Waals surface area (Å²) in [6.45, 7) is 1.68. The summed E-state index contributed by atoms with van der Waals surface area (Å²) in [6, 6.07) is 11.9. The quantitative estimate of drug-likeness (QED) is 0.305. The van der Waals surface area contributed by atoms with Gasteiger partial charge in [-0.3, -0.25) is 4.98 Å². The van der Waals surface area contributed by atoms with E-state index in [1.54, 1.807) is 29.9 Å². The Kier molecular flexibility index (Phi) is 6.37. The van der Waals surface area contributed by atoms with E-state index < -0.39 is 5.82 Å². The normalized spacial score (nSPS) is 14.2. The fourth-order valence-electron chi connectivity index (χ4n) is 4.35. The molecule has 1 fully saturated rings. The van der Waals surface area contributed by atoms with Crippen LogP contribution < -0.4 is 15.2 Å². The second-order valence-electron chi connectivity index (χ2n) is 8.60. The number of anilines is 1. The number of aromatic nitrogens is 5. The van der Waals surface area contributed by atoms with Crippen molar-refractivity contribution in [3.8, 4) is 28.5 Å². The van der Waals surface area contributed by atoms with Gasteiger partial charge in [0.25, 0.3) is 0 Å². The van der Waals surface area contributed by atoms with E-state index in [9.17, 15) is 4.39 Å². The fraction of sp³-hybridized carbons (Fsp3) is 0.231. The van der Waals surface area contributed by atoms with Crippen LogP contribution in [-0.4, -0.2) is 37.9 Å². The molecule has 0 saturated carbocycles. The van der Waals surface area contributed by atoms with Gasteiger partial charge in [0, 0.05) is 43.2 Å². The minimum absolute atomic E-state index is 0.183. The second kappa shape index (κ2) is 10.1. The van der Waals surface area contributed by atoms with Crippen molar-refractivity contribution in [1.82, 2.24) is 24.7 Å². The van der Waals surface area contributed by atoms with Gasteiger partial charge in [-0.25, -0.2) is 19.0 Å². The van der Waals surface area contributed by atoms with Gasteiger partial charge >= 0.3 is 0 Å². The maximum absolute atomic E-state index is 14.2. The molecule has 0 unspecified atom stereocenters. The lowest BCUT2D eigenvalue weighted by Crippen LogP contribution is -2.20. The fourth-order valence-corrected chi connectivity index (χ4v) is 4.85. The Morgan fingerprint density at radius 1 is 1.05 bits per heavy atom. The van der Waals surface area contributed by atoms with Crippen LogP contribution in [0.15, 0.2) is 60.5 Å². The highest BCUT2D eigenvalue weighted by molar-refractivity contribution is 7.09. The maximum Gasteiger partial charge on any atom is 0.164 e. The predicted octanol–water partition coefficient (Wildman–Crippen LogP) is 5.39. The van der Waals surface area contributed by atoms with Gasteiger partial charge in [-0.1, -0.05) is 0 Å². The molecular weight excluding hydrogens is 495 g/mol. The molecule has 0 spiro atoms. The molecule has 6 rings (SSSR count). The molecule has 4 heterocycles. The first kappa shape index (κ1) is 23.3. The van der Waals surface area contributed by atoms with Crippen molar-refractivity contribution in [2.24, 2.45) is 0 Å². The Labute approximate surface area is 215 Å². The SMILES string of the molecule is Nc1ncnc2c1c(-c1ccc(Oc3cc(F)cc(OCc4cncs4)c3)cc1)nn2C1CCOCC1. The van der Waals surface area contributed by atoms with Gasteiger partial charge in [-0.15, -0.1) is 11.3 Å². The van der Waals surface area contributed by atoms with E-state index >= 15 is 0 Å². The summed E-state index contributed by atoms with van der Waals surface area (Å²) < 4.78 is 33.3. The summed E-state index contributed by atoms with van der Waals surface area (Å²) in [5.41, 5.74) is 10.2. The van der Waals surface area contributed by atoms with Crippen molar-refractivity contribution >= 4 is 28.2 Å². The zero-order chi connectivity index (χ0) is 25.2. The van der Waals surface area contributed by atoms with Crippen LogP contribution in [0.5, 0.6) is 17.2 Å². The first-order valence-electron chi connectivity index (χ1n) is 11.8. The van der Waals surface area contributed by atoms with Gasteiger partial charge in [0.2, 0.25) is 0 Å². The maximum atomic E-state index is 14.2. The zero-order valence-electron chi connectivity index (χ0n) is 19.7. The molecule has 11 heteroatoms. The molecule has 0 radical (unpaired) electrons. The molecular formula is C26H23FN6O3S. The largest absolute Gasteiger partial charge is 0.488 e. The topological polar surface area (TPSA) is 110 Å². The summed E-state index contributed by atoms with van der Waals surface area (Å²) in [4.78, 5) is 13.6. The van der Waals surface area contributed by atoms with Crippen molar-refractivity contribution < 1.29 is 18.6 Å². The minimum Gasteiger partial charge on any atom is -0.488 e. The summed E-state index contributed by atoms with van der Waals surface area (Å²) in [5.74, 6) is 1.18. The monoisotopic (exact) mass is 518 g/mol. The average molecular weight is 519 g/mol. The van der Waals surface area contributed by atoms with Crippen LogP contribution >= 0.6 is 11.3 Å². The van der Waals surface area contributed by atoms with Crippen LogP contribution in [0.4, 0.5) is 10.2 Å². The van der Waals surface area contributed by atoms with Crippen molar-refractivity contribution in [3.63, 3.8) is 0 Å². The number of fused-ring (bicyclic) bond motifs is 1. The molecule has 37 heavy (non-hydrogen) atoms. The number of thiazole rings is 1. The van der Waals surface area contributed by atoms with Crippen molar-refractivity contribution in [2.45, 2.75) is 25.5 Å². The Morgan fingerprint density at radius 2 is 1.86 bits per heavy atom. The van der Waals surface area contributed by atoms with Crippen LogP contribution in [0, 0.1) is 5.82 Å². The highest BCUT2D eigenvalue weighted by Crippen LogP contribution is 2.35. The number of benzene rings is 2. The Balaban J connectivity index is 1.25. The van der Waals surface area contributed by atoms with E-state index in [0.717, 1.165) is 28.7 Å². The summed E-state index contributed by atoms with van der Waals surface area (Å²) in [6.07, 6.45) is 4.90. The molecule has 1 aliphatic heterocycles. The number of ether oxygens (including phenoxy) is 3. The van der Waals surface area contributed by atoms with Crippen LogP contribution in [0.2, 0.25) is 0 Å². The van der Waals surface area contributed by atoms with Gasteiger partial charge in [0.15, 0.2) is 5.65 Å². The number of nitrogen functional groups attached to an aromatic ring is 1. The van der Waals surface area contributed by atoms with Crippen LogP contribution in [-0.2, 0) is 11.3 Å². The van der Waals surface area contributed by atoms with Gasteiger partial charge in [-0.2, -0.15) is 5.10 Å². The van der Waals surface area contributed by atoms with Crippen LogP contribution in [0.3, 0.4) is 0 Å². The van der Waals surface area contributed by atoms with E-state index in [4.69, 9.17) is 25.0 Å². The lowest BCUT2D eigenvalue weighted by Gasteiger charge is -2.22. The first-order chi connectivity index (χ1) is 18.1. The number of nitrogens with zero attached hydrogens (tertiary/aromatic N) is 5. The molecule has 2 N–H and O–H groups in total. The predicted molar refractivity (Wildman–Crippen MR) is 137 cm³/mol. The van der Waals surface area contributed by atoms with Crippen LogP contribution in [0.25, 0.3) is 22.3 Å². The number of halogens is 1. The molecule has 188 valence electrons. The lowest BCUT2D eigenvalue weighted by molar-refractivity contribution is 0.0674. The Morgan fingerprint density at radius 3 is 2.65 bits per heavy atom. The summed E-state index contributed by atoms with van der Waals surface area (Å²) in [7, 11) is 0. The molecule has 3 aromatic heterocycles. The van der Waals surface area contributed by atoms with E-state index in [2.05, 4.69) is 15.0 Å². The van der Waals surface area contributed by atoms with Gasteiger partial charge in [0.05, 0.1) is 21.8 Å². The smallest absolute Gasteiger partial charge is 0.164 e. The molecule has 0 atom stereocenters. The van der Waals surface area contributed by atoms with Gasteiger partial charge in [0.1, 0.15) is 47.5 Å². The number of hydrogen-bond donors (Lipinski definition) is 1. The lowest BCUT2D eigenvalue weighted by atomic mass is 10.1. The third-order valence-electron chi connectivity index (χ3n) is 6.13. The first-order valence-corrected chi connectivity index (χ1v) is 12.7. The minimum atomic E-state index is -0.450. The molecule has 9 nitrogen and oxygen atoms in total. The molecule has 0 amide bonds. The highest BCUT2D eigenvalue weighted by Gasteiger charge is 2.24. The van der Waals surface area contributed by atoms with Crippen molar-refractivity contribution in [2.75, 3.05) is 18.9 Å². The summed E-state index contributed by atoms with van der Waals surface area (Å²) >= 11 is 1.47. The van der Waals surface area contributed by atoms with E-state index in [0.29, 0.717) is 54.2 Å². The number of rotatable bonds is 7. The van der Waals surface area contributed by atoms with Crippen LogP contribution in [0.1, 0.15) is 23.8 Å². The molecule has 0 bridgehead atoms. The third kappa shape index (κ3) is 4.95. The van der Waals surface area contributed by atoms with E-state index in [-0.39, 0.29) is 6.04 Å². The molecule has 0 aliphatic carbocycles.